The van der Waals surface area contributed by atoms with Crippen LogP contribution in [0, 0.1) is 0 Å². The summed E-state index contributed by atoms with van der Waals surface area (Å²) in [5.41, 5.74) is 7.43. The number of likely N-dealkylation sites (N-methyl/N-ethyl adjacent to an activating group) is 1. The van der Waals surface area contributed by atoms with E-state index >= 15 is 0 Å². The number of hydrogen-bond acceptors (Lipinski definition) is 4. The molecule has 0 bridgehead atoms. The van der Waals surface area contributed by atoms with Crippen LogP contribution in [-0.2, 0) is 11.3 Å². The molecule has 1 aliphatic carbocycles. The van der Waals surface area contributed by atoms with Crippen LogP contribution in [-0.4, -0.2) is 44.4 Å². The van der Waals surface area contributed by atoms with Gasteiger partial charge in [0, 0.05) is 31.3 Å². The van der Waals surface area contributed by atoms with Crippen molar-refractivity contribution in [1.29, 1.82) is 0 Å². The highest BCUT2D eigenvalue weighted by Crippen LogP contribution is 2.35. The minimum atomic E-state index is 0.0792. The number of rotatable bonds is 6. The summed E-state index contributed by atoms with van der Waals surface area (Å²) in [5.74, 6) is 0.946. The molecule has 1 aliphatic rings. The Morgan fingerprint density at radius 1 is 1.24 bits per heavy atom. The number of hydrogen-bond donors (Lipinski definition) is 1. The quantitative estimate of drug-likeness (QED) is 0.875. The van der Waals surface area contributed by atoms with Gasteiger partial charge in [-0.15, -0.1) is 0 Å². The van der Waals surface area contributed by atoms with Crippen LogP contribution >= 0.6 is 0 Å². The molecule has 0 heterocycles. The van der Waals surface area contributed by atoms with Gasteiger partial charge in [-0.1, -0.05) is 18.2 Å². The van der Waals surface area contributed by atoms with Crippen molar-refractivity contribution in [3.05, 3.63) is 29.8 Å². The fourth-order valence-electron chi connectivity index (χ4n) is 3.36. The van der Waals surface area contributed by atoms with Crippen molar-refractivity contribution in [1.82, 2.24) is 4.90 Å². The molecule has 0 saturated heterocycles. The third kappa shape index (κ3) is 3.57. The number of nitrogens with two attached hydrogens (primary N) is 1. The van der Waals surface area contributed by atoms with Gasteiger partial charge in [0.2, 0.25) is 0 Å². The molecular formula is C17H28N2O2. The SMILES string of the molecule is COc1ccccc1CN(C)C1(CN)CCC(OC)CC1. The predicted octanol–water partition coefficient (Wildman–Crippen LogP) is 2.41. The molecule has 1 aromatic carbocycles. The zero-order valence-corrected chi connectivity index (χ0v) is 13.5. The lowest BCUT2D eigenvalue weighted by Gasteiger charge is -2.45. The van der Waals surface area contributed by atoms with Crippen LogP contribution in [0.4, 0.5) is 0 Å². The van der Waals surface area contributed by atoms with E-state index in [1.165, 1.54) is 5.56 Å². The van der Waals surface area contributed by atoms with Crippen molar-refractivity contribution in [2.45, 2.75) is 43.9 Å². The molecule has 118 valence electrons. The zero-order valence-electron chi connectivity index (χ0n) is 13.5. The monoisotopic (exact) mass is 292 g/mol. The molecule has 2 rings (SSSR count). The van der Waals surface area contributed by atoms with Crippen molar-refractivity contribution in [2.75, 3.05) is 27.8 Å². The van der Waals surface area contributed by atoms with Gasteiger partial charge in [0.05, 0.1) is 13.2 Å². The van der Waals surface area contributed by atoms with Gasteiger partial charge >= 0.3 is 0 Å². The Labute approximate surface area is 128 Å². The fraction of sp³-hybridized carbons (Fsp3) is 0.647. The summed E-state index contributed by atoms with van der Waals surface area (Å²) in [6, 6.07) is 8.20. The van der Waals surface area contributed by atoms with Crippen molar-refractivity contribution in [3.8, 4) is 5.75 Å². The first-order valence-electron chi connectivity index (χ1n) is 7.71. The highest BCUT2D eigenvalue weighted by molar-refractivity contribution is 5.33. The second-order valence-electron chi connectivity index (χ2n) is 6.03. The molecule has 21 heavy (non-hydrogen) atoms. The smallest absolute Gasteiger partial charge is 0.123 e. The molecular weight excluding hydrogens is 264 g/mol. The summed E-state index contributed by atoms with van der Waals surface area (Å²) in [7, 11) is 5.70. The van der Waals surface area contributed by atoms with Gasteiger partial charge in [0.25, 0.3) is 0 Å². The Morgan fingerprint density at radius 2 is 1.90 bits per heavy atom. The molecule has 4 nitrogen and oxygen atoms in total. The van der Waals surface area contributed by atoms with Crippen molar-refractivity contribution >= 4 is 0 Å². The van der Waals surface area contributed by atoms with Crippen molar-refractivity contribution in [2.24, 2.45) is 5.73 Å². The molecule has 2 N–H and O–H groups in total. The van der Waals surface area contributed by atoms with Crippen LogP contribution < -0.4 is 10.5 Å². The van der Waals surface area contributed by atoms with E-state index in [2.05, 4.69) is 24.1 Å². The number of nitrogens with zero attached hydrogens (tertiary/aromatic N) is 1. The molecule has 0 spiro atoms. The molecule has 1 aromatic rings. The maximum Gasteiger partial charge on any atom is 0.123 e. The molecule has 4 heteroatoms. The lowest BCUT2D eigenvalue weighted by molar-refractivity contribution is 0.000302. The topological polar surface area (TPSA) is 47.7 Å². The number of para-hydroxylation sites is 1. The number of methoxy groups -OCH3 is 2. The summed E-state index contributed by atoms with van der Waals surface area (Å²) < 4.78 is 10.9. The molecule has 0 radical (unpaired) electrons. The molecule has 0 amide bonds. The van der Waals surface area contributed by atoms with Gasteiger partial charge in [0.1, 0.15) is 5.75 Å². The fourth-order valence-corrected chi connectivity index (χ4v) is 3.36. The summed E-state index contributed by atoms with van der Waals surface area (Å²) in [6.45, 7) is 1.55. The van der Waals surface area contributed by atoms with Crippen LogP contribution in [0.15, 0.2) is 24.3 Å². The average molecular weight is 292 g/mol. The Balaban J connectivity index is 2.08. The van der Waals surface area contributed by atoms with E-state index in [1.807, 2.05) is 12.1 Å². The first-order chi connectivity index (χ1) is 10.1. The van der Waals surface area contributed by atoms with Gasteiger partial charge < -0.3 is 15.2 Å². The zero-order chi connectivity index (χ0) is 15.3. The van der Waals surface area contributed by atoms with Gasteiger partial charge in [-0.25, -0.2) is 0 Å². The second kappa shape index (κ2) is 7.25. The Hall–Kier alpha value is -1.10. The molecule has 1 fully saturated rings. The maximum absolute atomic E-state index is 6.14. The normalized spacial score (nSPS) is 26.0. The molecule has 0 unspecified atom stereocenters. The molecule has 0 aliphatic heterocycles. The van der Waals surface area contributed by atoms with Crippen LogP contribution in [0.5, 0.6) is 5.75 Å². The van der Waals surface area contributed by atoms with E-state index < -0.39 is 0 Å². The molecule has 1 saturated carbocycles. The third-order valence-corrected chi connectivity index (χ3v) is 4.99. The van der Waals surface area contributed by atoms with Crippen LogP contribution in [0.25, 0.3) is 0 Å². The number of ether oxygens (including phenoxy) is 2. The van der Waals surface area contributed by atoms with E-state index in [4.69, 9.17) is 15.2 Å². The standard InChI is InChI=1S/C17H28N2O2/c1-19(12-14-6-4-5-7-16(14)21-3)17(13-18)10-8-15(20-2)9-11-17/h4-7,15H,8-13,18H2,1-3H3. The van der Waals surface area contributed by atoms with Crippen molar-refractivity contribution < 1.29 is 9.47 Å². The summed E-state index contributed by atoms with van der Waals surface area (Å²) in [5, 5.41) is 0. The van der Waals surface area contributed by atoms with Crippen LogP contribution in [0.1, 0.15) is 31.2 Å². The Morgan fingerprint density at radius 3 is 2.48 bits per heavy atom. The highest BCUT2D eigenvalue weighted by Gasteiger charge is 2.37. The Bertz CT molecular complexity index is 442. The summed E-state index contributed by atoms with van der Waals surface area (Å²) >= 11 is 0. The largest absolute Gasteiger partial charge is 0.496 e. The van der Waals surface area contributed by atoms with Crippen LogP contribution in [0.2, 0.25) is 0 Å². The van der Waals surface area contributed by atoms with Gasteiger partial charge in [0.15, 0.2) is 0 Å². The van der Waals surface area contributed by atoms with Gasteiger partial charge in [-0.05, 0) is 38.8 Å². The van der Waals surface area contributed by atoms with E-state index in [-0.39, 0.29) is 5.54 Å². The van der Waals surface area contributed by atoms with E-state index in [1.54, 1.807) is 14.2 Å². The minimum Gasteiger partial charge on any atom is -0.496 e. The van der Waals surface area contributed by atoms with Gasteiger partial charge in [-0.3, -0.25) is 4.90 Å². The number of benzene rings is 1. The highest BCUT2D eigenvalue weighted by atomic mass is 16.5. The van der Waals surface area contributed by atoms with E-state index in [0.29, 0.717) is 12.6 Å². The Kier molecular flexibility index (Phi) is 5.62. The predicted molar refractivity (Wildman–Crippen MR) is 85.5 cm³/mol. The average Bonchev–Trinajstić information content (AvgIpc) is 2.55. The van der Waals surface area contributed by atoms with Crippen LogP contribution in [0.3, 0.4) is 0 Å². The third-order valence-electron chi connectivity index (χ3n) is 4.99. The first-order valence-corrected chi connectivity index (χ1v) is 7.71. The van der Waals surface area contributed by atoms with Gasteiger partial charge in [-0.2, -0.15) is 0 Å². The minimum absolute atomic E-state index is 0.0792. The summed E-state index contributed by atoms with van der Waals surface area (Å²) in [6.07, 6.45) is 4.75. The second-order valence-corrected chi connectivity index (χ2v) is 6.03. The van der Waals surface area contributed by atoms with Crippen molar-refractivity contribution in [3.63, 3.8) is 0 Å². The van der Waals surface area contributed by atoms with E-state index in [9.17, 15) is 0 Å². The van der Waals surface area contributed by atoms with E-state index in [0.717, 1.165) is 38.0 Å². The molecule has 0 atom stereocenters. The summed E-state index contributed by atoms with van der Waals surface area (Å²) in [4.78, 5) is 2.40. The lowest BCUT2D eigenvalue weighted by Crippen LogP contribution is -2.54. The first kappa shape index (κ1) is 16.3. The lowest BCUT2D eigenvalue weighted by atomic mass is 9.79. The maximum atomic E-state index is 6.14. The molecule has 0 aromatic heterocycles.